The monoisotopic (exact) mass is 357 g/mol. The average Bonchev–Trinajstić information content (AvgIpc) is 3.22. The van der Waals surface area contributed by atoms with Gasteiger partial charge in [0.25, 0.3) is 0 Å². The quantitative estimate of drug-likeness (QED) is 0.869. The first-order chi connectivity index (χ1) is 12.7. The Morgan fingerprint density at radius 1 is 1.19 bits per heavy atom. The van der Waals surface area contributed by atoms with Crippen LogP contribution in [0.1, 0.15) is 44.1 Å². The number of likely N-dealkylation sites (tertiary alicyclic amines) is 2. The molecule has 0 radical (unpaired) electrons. The molecular weight excluding hydrogens is 326 g/mol. The van der Waals surface area contributed by atoms with Crippen LogP contribution in [0, 0.1) is 11.3 Å². The highest BCUT2D eigenvalue weighted by Gasteiger charge is 2.50. The largest absolute Gasteiger partial charge is 0.396 e. The Morgan fingerprint density at radius 2 is 2.00 bits per heavy atom. The number of amides is 2. The smallest absolute Gasteiger partial charge is 0.321 e. The number of benzene rings is 1. The zero-order chi connectivity index (χ0) is 18.0. The van der Waals surface area contributed by atoms with Crippen LogP contribution >= 0.6 is 0 Å². The van der Waals surface area contributed by atoms with Crippen molar-refractivity contribution in [3.05, 3.63) is 29.8 Å². The maximum Gasteiger partial charge on any atom is 0.321 e. The number of aliphatic hydroxyl groups excluding tert-OH is 1. The van der Waals surface area contributed by atoms with Gasteiger partial charge in [-0.1, -0.05) is 31.0 Å². The van der Waals surface area contributed by atoms with E-state index in [2.05, 4.69) is 22.3 Å². The van der Waals surface area contributed by atoms with Crippen molar-refractivity contribution >= 4 is 11.7 Å². The summed E-state index contributed by atoms with van der Waals surface area (Å²) in [5.41, 5.74) is 2.07. The number of anilines is 1. The molecule has 2 saturated heterocycles. The van der Waals surface area contributed by atoms with Gasteiger partial charge in [0.15, 0.2) is 0 Å². The van der Waals surface area contributed by atoms with E-state index in [1.165, 1.54) is 31.2 Å². The van der Waals surface area contributed by atoms with E-state index in [1.54, 1.807) is 0 Å². The lowest BCUT2D eigenvalue weighted by molar-refractivity contribution is 0.114. The molecule has 26 heavy (non-hydrogen) atoms. The van der Waals surface area contributed by atoms with Crippen LogP contribution in [-0.4, -0.2) is 53.7 Å². The Balaban J connectivity index is 1.42. The predicted octanol–water partition coefficient (Wildman–Crippen LogP) is 3.30. The lowest BCUT2D eigenvalue weighted by Crippen LogP contribution is -2.37. The van der Waals surface area contributed by atoms with Crippen molar-refractivity contribution in [2.75, 3.05) is 38.1 Å². The fourth-order valence-corrected chi connectivity index (χ4v) is 5.16. The molecule has 0 bridgehead atoms. The number of rotatable bonds is 4. The molecule has 1 aromatic rings. The summed E-state index contributed by atoms with van der Waals surface area (Å²) in [4.78, 5) is 17.3. The van der Waals surface area contributed by atoms with E-state index in [0.717, 1.165) is 44.7 Å². The summed E-state index contributed by atoms with van der Waals surface area (Å²) in [6.45, 7) is 4.87. The van der Waals surface area contributed by atoms with Crippen LogP contribution in [0.25, 0.3) is 0 Å². The molecule has 2 amide bonds. The summed E-state index contributed by atoms with van der Waals surface area (Å²) in [6.07, 6.45) is 7.23. The normalized spacial score (nSPS) is 29.0. The molecule has 0 spiro atoms. The summed E-state index contributed by atoms with van der Waals surface area (Å²) in [6, 6.07) is 8.16. The molecule has 0 unspecified atom stereocenters. The van der Waals surface area contributed by atoms with E-state index in [1.807, 2.05) is 17.0 Å². The fourth-order valence-electron chi connectivity index (χ4n) is 5.16. The van der Waals surface area contributed by atoms with Crippen LogP contribution in [0.4, 0.5) is 10.5 Å². The van der Waals surface area contributed by atoms with Gasteiger partial charge in [-0.15, -0.1) is 0 Å². The molecule has 5 heteroatoms. The number of nitrogens with one attached hydrogen (secondary N) is 1. The second-order valence-corrected chi connectivity index (χ2v) is 8.41. The van der Waals surface area contributed by atoms with Crippen LogP contribution in [-0.2, 0) is 6.54 Å². The third-order valence-electron chi connectivity index (χ3n) is 6.74. The van der Waals surface area contributed by atoms with Crippen molar-refractivity contribution in [2.45, 2.75) is 45.1 Å². The number of hydrogen-bond acceptors (Lipinski definition) is 3. The van der Waals surface area contributed by atoms with Crippen molar-refractivity contribution in [2.24, 2.45) is 11.3 Å². The van der Waals surface area contributed by atoms with Gasteiger partial charge in [0, 0.05) is 30.7 Å². The van der Waals surface area contributed by atoms with Crippen molar-refractivity contribution in [3.63, 3.8) is 0 Å². The highest BCUT2D eigenvalue weighted by atomic mass is 16.3. The molecule has 2 atom stereocenters. The molecule has 3 aliphatic rings. The van der Waals surface area contributed by atoms with E-state index in [4.69, 9.17) is 0 Å². The number of carbonyl (C=O) groups excluding carboxylic acids is 1. The maximum absolute atomic E-state index is 12.9. The number of nitrogens with zero attached hydrogens (tertiary/aromatic N) is 2. The van der Waals surface area contributed by atoms with Crippen LogP contribution < -0.4 is 5.32 Å². The molecule has 2 heterocycles. The van der Waals surface area contributed by atoms with E-state index >= 15 is 0 Å². The number of fused-ring (bicyclic) bond motifs is 1. The Bertz CT molecular complexity index is 644. The molecule has 2 N–H and O–H groups in total. The summed E-state index contributed by atoms with van der Waals surface area (Å²) < 4.78 is 0. The molecule has 4 rings (SSSR count). The molecule has 3 fully saturated rings. The minimum absolute atomic E-state index is 0.0154. The minimum Gasteiger partial charge on any atom is -0.396 e. The number of hydrogen-bond donors (Lipinski definition) is 2. The van der Waals surface area contributed by atoms with Gasteiger partial charge < -0.3 is 15.3 Å². The van der Waals surface area contributed by atoms with Crippen LogP contribution in [0.3, 0.4) is 0 Å². The van der Waals surface area contributed by atoms with Crippen LogP contribution in [0.5, 0.6) is 0 Å². The highest BCUT2D eigenvalue weighted by molar-refractivity contribution is 5.90. The summed E-state index contributed by atoms with van der Waals surface area (Å²) >= 11 is 0. The lowest BCUT2D eigenvalue weighted by Gasteiger charge is -2.28. The molecular formula is C21H31N3O2. The molecule has 1 aromatic carbocycles. The molecule has 142 valence electrons. The lowest BCUT2D eigenvalue weighted by atomic mass is 9.82. The van der Waals surface area contributed by atoms with Gasteiger partial charge in [0.05, 0.1) is 6.61 Å². The molecule has 1 saturated carbocycles. The number of carbonyl (C=O) groups is 1. The van der Waals surface area contributed by atoms with Gasteiger partial charge in [-0.3, -0.25) is 4.90 Å². The fraction of sp³-hybridized carbons (Fsp3) is 0.667. The van der Waals surface area contributed by atoms with E-state index in [0.29, 0.717) is 12.5 Å². The van der Waals surface area contributed by atoms with Crippen molar-refractivity contribution in [1.29, 1.82) is 0 Å². The first-order valence-corrected chi connectivity index (χ1v) is 10.2. The predicted molar refractivity (Wildman–Crippen MR) is 103 cm³/mol. The van der Waals surface area contributed by atoms with Gasteiger partial charge in [0.2, 0.25) is 0 Å². The van der Waals surface area contributed by atoms with Gasteiger partial charge in [0.1, 0.15) is 0 Å². The van der Waals surface area contributed by atoms with Crippen molar-refractivity contribution in [3.8, 4) is 0 Å². The van der Waals surface area contributed by atoms with E-state index < -0.39 is 0 Å². The van der Waals surface area contributed by atoms with Gasteiger partial charge >= 0.3 is 6.03 Å². The third kappa shape index (κ3) is 3.47. The number of piperidine rings is 1. The Labute approximate surface area is 156 Å². The second-order valence-electron chi connectivity index (χ2n) is 8.41. The van der Waals surface area contributed by atoms with Crippen molar-refractivity contribution < 1.29 is 9.90 Å². The highest BCUT2D eigenvalue weighted by Crippen LogP contribution is 2.48. The van der Waals surface area contributed by atoms with Crippen molar-refractivity contribution in [1.82, 2.24) is 9.80 Å². The Morgan fingerprint density at radius 3 is 2.77 bits per heavy atom. The molecule has 0 aromatic heterocycles. The molecule has 2 aliphatic heterocycles. The topological polar surface area (TPSA) is 55.8 Å². The second kappa shape index (κ2) is 7.57. The van der Waals surface area contributed by atoms with Gasteiger partial charge in [-0.25, -0.2) is 4.79 Å². The average molecular weight is 357 g/mol. The van der Waals surface area contributed by atoms with E-state index in [-0.39, 0.29) is 18.1 Å². The molecule has 5 nitrogen and oxygen atoms in total. The van der Waals surface area contributed by atoms with E-state index in [9.17, 15) is 9.90 Å². The number of para-hydroxylation sites is 1. The zero-order valence-electron chi connectivity index (χ0n) is 15.6. The summed E-state index contributed by atoms with van der Waals surface area (Å²) in [5.74, 6) is 0.460. The standard InChI is InChI=1S/C21H31N3O2/c25-16-21-10-6-8-18(21)14-24(15-21)20(26)22-19-9-3-2-7-17(19)13-23-11-4-1-5-12-23/h2-3,7,9,18,25H,1,4-6,8,10-16H2,(H,22,26)/t18-,21+/m1/s1. The first kappa shape index (κ1) is 17.8. The van der Waals surface area contributed by atoms with Gasteiger partial charge in [-0.2, -0.15) is 0 Å². The zero-order valence-corrected chi connectivity index (χ0v) is 15.6. The Kier molecular flexibility index (Phi) is 5.18. The van der Waals surface area contributed by atoms with Crippen LogP contribution in [0.2, 0.25) is 0 Å². The third-order valence-corrected chi connectivity index (χ3v) is 6.74. The van der Waals surface area contributed by atoms with Crippen LogP contribution in [0.15, 0.2) is 24.3 Å². The number of urea groups is 1. The summed E-state index contributed by atoms with van der Waals surface area (Å²) in [7, 11) is 0. The SMILES string of the molecule is O=C(Nc1ccccc1CN1CCCCC1)N1C[C@H]2CCC[C@@]2(CO)C1. The van der Waals surface area contributed by atoms with Gasteiger partial charge in [-0.05, 0) is 56.3 Å². The molecule has 1 aliphatic carbocycles. The minimum atomic E-state index is -0.0509. The Hall–Kier alpha value is -1.59. The summed E-state index contributed by atoms with van der Waals surface area (Å²) in [5, 5.41) is 13.0. The number of aliphatic hydroxyl groups is 1. The first-order valence-electron chi connectivity index (χ1n) is 10.2. The maximum atomic E-state index is 12.9.